The van der Waals surface area contributed by atoms with Gasteiger partial charge in [-0.3, -0.25) is 0 Å². The van der Waals surface area contributed by atoms with E-state index in [1.165, 1.54) is 6.07 Å². The van der Waals surface area contributed by atoms with Crippen LogP contribution >= 0.6 is 0 Å². The molecule has 2 aromatic rings. The van der Waals surface area contributed by atoms with Crippen LogP contribution in [0.2, 0.25) is 0 Å². The van der Waals surface area contributed by atoms with Gasteiger partial charge in [0.25, 0.3) is 0 Å². The summed E-state index contributed by atoms with van der Waals surface area (Å²) >= 11 is 0. The lowest BCUT2D eigenvalue weighted by Gasteiger charge is -2.37. The zero-order valence-corrected chi connectivity index (χ0v) is 18.2. The number of nitriles is 1. The van der Waals surface area contributed by atoms with Crippen LogP contribution in [0, 0.1) is 18.3 Å². The lowest BCUT2D eigenvalue weighted by molar-refractivity contribution is -0.137. The summed E-state index contributed by atoms with van der Waals surface area (Å²) in [5, 5.41) is 9.01. The van der Waals surface area contributed by atoms with Gasteiger partial charge in [0.2, 0.25) is 5.95 Å². The van der Waals surface area contributed by atoms with E-state index >= 15 is 0 Å². The fraction of sp³-hybridized carbons (Fsp3) is 0.500. The average Bonchev–Trinajstić information content (AvgIpc) is 2.78. The van der Waals surface area contributed by atoms with E-state index in [9.17, 15) is 13.2 Å². The Hall–Kier alpha value is -3.06. The highest BCUT2D eigenvalue weighted by atomic mass is 19.4. The summed E-state index contributed by atoms with van der Waals surface area (Å²) < 4.78 is 40.0. The number of piperazine rings is 2. The molecule has 0 saturated carbocycles. The Labute approximate surface area is 185 Å². The Morgan fingerprint density at radius 3 is 2.12 bits per heavy atom. The third-order valence-corrected chi connectivity index (χ3v) is 6.01. The number of alkyl halides is 3. The van der Waals surface area contributed by atoms with E-state index in [4.69, 9.17) is 10.2 Å². The normalized spacial score (nSPS) is 18.1. The van der Waals surface area contributed by atoms with Crippen LogP contribution in [0.3, 0.4) is 0 Å². The van der Waals surface area contributed by atoms with E-state index in [1.807, 2.05) is 17.9 Å². The molecular weight excluding hydrogens is 419 g/mol. The first-order valence-corrected chi connectivity index (χ1v) is 10.6. The Balaban J connectivity index is 1.47. The molecule has 7 nitrogen and oxygen atoms in total. The fourth-order valence-electron chi connectivity index (χ4n) is 4.10. The van der Waals surface area contributed by atoms with E-state index in [0.717, 1.165) is 49.7 Å². The van der Waals surface area contributed by atoms with Gasteiger partial charge < -0.3 is 19.6 Å². The maximum absolute atomic E-state index is 13.3. The van der Waals surface area contributed by atoms with E-state index in [0.29, 0.717) is 31.9 Å². The number of aromatic nitrogens is 2. The first kappa shape index (κ1) is 22.1. The van der Waals surface area contributed by atoms with Crippen LogP contribution in [-0.2, 0) is 6.18 Å². The second-order valence-electron chi connectivity index (χ2n) is 8.27. The lowest BCUT2D eigenvalue weighted by Crippen LogP contribution is -2.47. The highest BCUT2D eigenvalue weighted by molar-refractivity contribution is 5.56. The molecule has 170 valence electrons. The second-order valence-corrected chi connectivity index (χ2v) is 8.27. The molecule has 1 aromatic carbocycles. The van der Waals surface area contributed by atoms with Crippen molar-refractivity contribution >= 4 is 17.5 Å². The molecular formula is C22H26F3N7. The molecule has 3 heterocycles. The molecule has 4 rings (SSSR count). The van der Waals surface area contributed by atoms with Crippen molar-refractivity contribution in [1.29, 1.82) is 5.26 Å². The lowest BCUT2D eigenvalue weighted by atomic mass is 10.1. The number of hydrogen-bond acceptors (Lipinski definition) is 7. The number of likely N-dealkylation sites (N-methyl/N-ethyl adjacent to an activating group) is 1. The average molecular weight is 445 g/mol. The largest absolute Gasteiger partial charge is 0.417 e. The third kappa shape index (κ3) is 4.72. The molecule has 0 radical (unpaired) electrons. The molecule has 0 amide bonds. The first-order valence-electron chi connectivity index (χ1n) is 10.6. The molecule has 2 fully saturated rings. The van der Waals surface area contributed by atoms with Crippen molar-refractivity contribution in [3.63, 3.8) is 0 Å². The minimum atomic E-state index is -4.55. The molecule has 2 saturated heterocycles. The molecule has 0 spiro atoms. The Kier molecular flexibility index (Phi) is 6.11. The molecule has 10 heteroatoms. The van der Waals surface area contributed by atoms with Gasteiger partial charge in [-0.05, 0) is 32.2 Å². The highest BCUT2D eigenvalue weighted by Gasteiger charge is 2.34. The zero-order chi connectivity index (χ0) is 22.9. The standard InChI is InChI=1S/C22H26F3N7/c1-16-13-20(28-21(27-16)32-7-5-29(2)6-8-32)31-11-9-30(10-12-31)18-4-3-17(15-26)19(14-18)22(23,24)25/h3-4,13-14H,5-12H2,1-2H3. The minimum absolute atomic E-state index is 0.354. The van der Waals surface area contributed by atoms with Crippen molar-refractivity contribution in [2.45, 2.75) is 13.1 Å². The summed E-state index contributed by atoms with van der Waals surface area (Å²) in [5.41, 5.74) is 0.136. The SMILES string of the molecule is Cc1cc(N2CCN(c3ccc(C#N)c(C(F)(F)F)c3)CC2)nc(N2CCN(C)CC2)n1. The Bertz CT molecular complexity index is 1000. The van der Waals surface area contributed by atoms with E-state index < -0.39 is 11.7 Å². The number of benzene rings is 1. The van der Waals surface area contributed by atoms with Gasteiger partial charge in [-0.2, -0.15) is 23.4 Å². The Morgan fingerprint density at radius 2 is 1.50 bits per heavy atom. The van der Waals surface area contributed by atoms with Gasteiger partial charge in [0, 0.05) is 69.8 Å². The molecule has 0 atom stereocenters. The monoisotopic (exact) mass is 445 g/mol. The van der Waals surface area contributed by atoms with Crippen molar-refractivity contribution in [3.8, 4) is 6.07 Å². The molecule has 0 unspecified atom stereocenters. The van der Waals surface area contributed by atoms with Crippen LogP contribution in [0.15, 0.2) is 24.3 Å². The second kappa shape index (κ2) is 8.82. The van der Waals surface area contributed by atoms with Crippen molar-refractivity contribution in [1.82, 2.24) is 14.9 Å². The maximum atomic E-state index is 13.3. The van der Waals surface area contributed by atoms with Crippen molar-refractivity contribution in [3.05, 3.63) is 41.1 Å². The summed E-state index contributed by atoms with van der Waals surface area (Å²) in [6.07, 6.45) is -4.55. The molecule has 2 aliphatic heterocycles. The Morgan fingerprint density at radius 1 is 0.875 bits per heavy atom. The molecule has 0 N–H and O–H groups in total. The summed E-state index contributed by atoms with van der Waals surface area (Å²) in [4.78, 5) is 18.0. The topological polar surface area (TPSA) is 62.5 Å². The molecule has 0 aliphatic carbocycles. The van der Waals surface area contributed by atoms with Gasteiger partial charge in [-0.15, -0.1) is 0 Å². The van der Waals surface area contributed by atoms with Crippen LogP contribution < -0.4 is 14.7 Å². The number of nitrogens with zero attached hydrogens (tertiary/aromatic N) is 7. The van der Waals surface area contributed by atoms with Crippen molar-refractivity contribution < 1.29 is 13.2 Å². The molecule has 0 bridgehead atoms. The van der Waals surface area contributed by atoms with Gasteiger partial charge in [0.15, 0.2) is 0 Å². The third-order valence-electron chi connectivity index (χ3n) is 6.01. The van der Waals surface area contributed by atoms with Gasteiger partial charge in [0.1, 0.15) is 5.82 Å². The van der Waals surface area contributed by atoms with E-state index in [-0.39, 0.29) is 5.56 Å². The zero-order valence-electron chi connectivity index (χ0n) is 18.2. The van der Waals surface area contributed by atoms with Gasteiger partial charge in [0.05, 0.1) is 17.2 Å². The quantitative estimate of drug-likeness (QED) is 0.720. The van der Waals surface area contributed by atoms with E-state index in [2.05, 4.69) is 26.7 Å². The van der Waals surface area contributed by atoms with Crippen LogP contribution in [0.4, 0.5) is 30.6 Å². The number of halogens is 3. The summed E-state index contributed by atoms with van der Waals surface area (Å²) in [5.74, 6) is 1.58. The molecule has 2 aliphatic rings. The first-order chi connectivity index (χ1) is 15.2. The highest BCUT2D eigenvalue weighted by Crippen LogP contribution is 2.34. The van der Waals surface area contributed by atoms with Crippen LogP contribution in [-0.4, -0.2) is 74.3 Å². The fourth-order valence-corrected chi connectivity index (χ4v) is 4.10. The predicted molar refractivity (Wildman–Crippen MR) is 117 cm³/mol. The predicted octanol–water partition coefficient (Wildman–Crippen LogP) is 2.75. The number of rotatable bonds is 3. The van der Waals surface area contributed by atoms with E-state index in [1.54, 1.807) is 12.1 Å². The number of hydrogen-bond donors (Lipinski definition) is 0. The van der Waals surface area contributed by atoms with Crippen LogP contribution in [0.1, 0.15) is 16.8 Å². The van der Waals surface area contributed by atoms with Gasteiger partial charge in [-0.1, -0.05) is 0 Å². The molecule has 1 aromatic heterocycles. The van der Waals surface area contributed by atoms with Gasteiger partial charge >= 0.3 is 6.18 Å². The number of anilines is 3. The van der Waals surface area contributed by atoms with Crippen LogP contribution in [0.25, 0.3) is 0 Å². The smallest absolute Gasteiger partial charge is 0.368 e. The summed E-state index contributed by atoms with van der Waals surface area (Å²) in [6.45, 7) is 8.06. The van der Waals surface area contributed by atoms with Crippen molar-refractivity contribution in [2.75, 3.05) is 74.1 Å². The molecule has 32 heavy (non-hydrogen) atoms. The summed E-state index contributed by atoms with van der Waals surface area (Å²) in [7, 11) is 2.10. The van der Waals surface area contributed by atoms with Crippen LogP contribution in [0.5, 0.6) is 0 Å². The van der Waals surface area contributed by atoms with Gasteiger partial charge in [-0.25, -0.2) is 4.98 Å². The number of aryl methyl sites for hydroxylation is 1. The summed E-state index contributed by atoms with van der Waals surface area (Å²) in [6, 6.07) is 7.51. The maximum Gasteiger partial charge on any atom is 0.417 e. The van der Waals surface area contributed by atoms with Crippen molar-refractivity contribution in [2.24, 2.45) is 0 Å². The minimum Gasteiger partial charge on any atom is -0.368 e.